The largest absolute Gasteiger partial charge is 0.466 e. The third-order valence-electron chi connectivity index (χ3n) is 2.18. The first-order chi connectivity index (χ1) is 8.54. The molecule has 104 valence electrons. The lowest BCUT2D eigenvalue weighted by Crippen LogP contribution is -2.26. The summed E-state index contributed by atoms with van der Waals surface area (Å²) >= 11 is 0. The molecule has 0 saturated carbocycles. The highest BCUT2D eigenvalue weighted by atomic mass is 16.5. The second kappa shape index (κ2) is 9.58. The van der Waals surface area contributed by atoms with Crippen LogP contribution in [0.5, 0.6) is 0 Å². The number of carbonyl (C=O) groups excluding carboxylic acids is 3. The van der Waals surface area contributed by atoms with Gasteiger partial charge in [0, 0.05) is 13.0 Å². The number of carbonyl (C=O) groups is 3. The van der Waals surface area contributed by atoms with Gasteiger partial charge in [0.25, 0.3) is 0 Å². The van der Waals surface area contributed by atoms with Crippen LogP contribution in [-0.2, 0) is 28.6 Å². The Morgan fingerprint density at radius 1 is 0.944 bits per heavy atom. The summed E-state index contributed by atoms with van der Waals surface area (Å²) in [5.41, 5.74) is 0. The lowest BCUT2D eigenvalue weighted by atomic mass is 9.97. The van der Waals surface area contributed by atoms with Crippen LogP contribution in [0.25, 0.3) is 0 Å². The van der Waals surface area contributed by atoms with Crippen molar-refractivity contribution in [3.63, 3.8) is 0 Å². The monoisotopic (exact) mass is 260 g/mol. The lowest BCUT2D eigenvalue weighted by Gasteiger charge is -2.13. The van der Waals surface area contributed by atoms with Gasteiger partial charge < -0.3 is 14.2 Å². The smallest absolute Gasteiger partial charge is 0.306 e. The number of Topliss-reactive ketones (excluding diaryl/α,β-unsaturated/α-hetero) is 1. The number of rotatable bonds is 9. The summed E-state index contributed by atoms with van der Waals surface area (Å²) in [6.45, 7) is 3.70. The number of ketones is 1. The van der Waals surface area contributed by atoms with Crippen molar-refractivity contribution in [1.82, 2.24) is 0 Å². The molecule has 0 atom stereocenters. The van der Waals surface area contributed by atoms with Gasteiger partial charge in [0.2, 0.25) is 0 Å². The highest BCUT2D eigenvalue weighted by Gasteiger charge is 2.25. The summed E-state index contributed by atoms with van der Waals surface area (Å²) < 4.78 is 14.2. The molecule has 0 aliphatic carbocycles. The molecule has 6 heteroatoms. The molecule has 0 amide bonds. The van der Waals surface area contributed by atoms with E-state index in [0.717, 1.165) is 0 Å². The Labute approximate surface area is 107 Å². The Balaban J connectivity index is 4.46. The number of methoxy groups -OCH3 is 1. The second-order valence-electron chi connectivity index (χ2n) is 3.61. The SMILES string of the molecule is CCOC(=O)CC(CC(=O)OCC)C(=O)COC. The number of esters is 2. The summed E-state index contributed by atoms with van der Waals surface area (Å²) in [7, 11) is 1.38. The van der Waals surface area contributed by atoms with Crippen molar-refractivity contribution in [2.75, 3.05) is 26.9 Å². The van der Waals surface area contributed by atoms with Crippen molar-refractivity contribution in [3.05, 3.63) is 0 Å². The van der Waals surface area contributed by atoms with E-state index < -0.39 is 17.9 Å². The summed E-state index contributed by atoms with van der Waals surface area (Å²) in [5.74, 6) is -2.06. The summed E-state index contributed by atoms with van der Waals surface area (Å²) in [4.78, 5) is 34.4. The first kappa shape index (κ1) is 16.6. The molecule has 18 heavy (non-hydrogen) atoms. The molecule has 0 N–H and O–H groups in total. The highest BCUT2D eigenvalue weighted by molar-refractivity contribution is 5.89. The second-order valence-corrected chi connectivity index (χ2v) is 3.61. The van der Waals surface area contributed by atoms with Crippen molar-refractivity contribution >= 4 is 17.7 Å². The van der Waals surface area contributed by atoms with Crippen LogP contribution < -0.4 is 0 Å². The quantitative estimate of drug-likeness (QED) is 0.568. The molecule has 0 saturated heterocycles. The van der Waals surface area contributed by atoms with E-state index in [-0.39, 0.29) is 38.4 Å². The van der Waals surface area contributed by atoms with Crippen LogP contribution in [0.3, 0.4) is 0 Å². The molecule has 0 aliphatic rings. The Morgan fingerprint density at radius 2 is 1.39 bits per heavy atom. The molecule has 0 rings (SSSR count). The van der Waals surface area contributed by atoms with Crippen LogP contribution in [0.2, 0.25) is 0 Å². The van der Waals surface area contributed by atoms with Crippen LogP contribution >= 0.6 is 0 Å². The van der Waals surface area contributed by atoms with Crippen molar-refractivity contribution < 1.29 is 28.6 Å². The maximum absolute atomic E-state index is 11.7. The molecule has 0 heterocycles. The molecule has 0 bridgehead atoms. The average Bonchev–Trinajstić information content (AvgIpc) is 2.29. The van der Waals surface area contributed by atoms with Gasteiger partial charge in [-0.05, 0) is 13.8 Å². The Morgan fingerprint density at radius 3 is 1.72 bits per heavy atom. The number of ether oxygens (including phenoxy) is 3. The molecular weight excluding hydrogens is 240 g/mol. The summed E-state index contributed by atoms with van der Waals surface area (Å²) in [6.07, 6.45) is -0.260. The standard InChI is InChI=1S/C12H20O6/c1-4-17-11(14)6-9(10(13)8-16-3)7-12(15)18-5-2/h9H,4-8H2,1-3H3. The lowest BCUT2D eigenvalue weighted by molar-refractivity contribution is -0.150. The van der Waals surface area contributed by atoms with Gasteiger partial charge in [-0.3, -0.25) is 14.4 Å². The van der Waals surface area contributed by atoms with Gasteiger partial charge in [-0.15, -0.1) is 0 Å². The van der Waals surface area contributed by atoms with E-state index in [4.69, 9.17) is 14.2 Å². The minimum Gasteiger partial charge on any atom is -0.466 e. The van der Waals surface area contributed by atoms with E-state index in [9.17, 15) is 14.4 Å². The maximum Gasteiger partial charge on any atom is 0.306 e. The zero-order valence-electron chi connectivity index (χ0n) is 11.1. The first-order valence-corrected chi connectivity index (χ1v) is 5.87. The zero-order chi connectivity index (χ0) is 14.0. The van der Waals surface area contributed by atoms with Crippen LogP contribution in [-0.4, -0.2) is 44.7 Å². The number of hydrogen-bond acceptors (Lipinski definition) is 6. The fraction of sp³-hybridized carbons (Fsp3) is 0.750. The van der Waals surface area contributed by atoms with E-state index in [1.807, 2.05) is 0 Å². The van der Waals surface area contributed by atoms with Crippen molar-refractivity contribution in [2.24, 2.45) is 5.92 Å². The van der Waals surface area contributed by atoms with Crippen LogP contribution in [0.4, 0.5) is 0 Å². The van der Waals surface area contributed by atoms with Gasteiger partial charge in [0.05, 0.1) is 26.1 Å². The van der Waals surface area contributed by atoms with Gasteiger partial charge in [0.1, 0.15) is 6.61 Å². The van der Waals surface area contributed by atoms with Crippen molar-refractivity contribution in [1.29, 1.82) is 0 Å². The Bertz CT molecular complexity index is 266. The van der Waals surface area contributed by atoms with E-state index in [2.05, 4.69) is 0 Å². The van der Waals surface area contributed by atoms with Gasteiger partial charge in [-0.25, -0.2) is 0 Å². The molecular formula is C12H20O6. The average molecular weight is 260 g/mol. The van der Waals surface area contributed by atoms with Gasteiger partial charge in [-0.2, -0.15) is 0 Å². The molecule has 0 radical (unpaired) electrons. The Hall–Kier alpha value is -1.43. The van der Waals surface area contributed by atoms with Crippen LogP contribution in [0.15, 0.2) is 0 Å². The van der Waals surface area contributed by atoms with E-state index >= 15 is 0 Å². The predicted octanol–water partition coefficient (Wildman–Crippen LogP) is 0.724. The van der Waals surface area contributed by atoms with E-state index in [0.29, 0.717) is 0 Å². The third kappa shape index (κ3) is 7.01. The van der Waals surface area contributed by atoms with E-state index in [1.54, 1.807) is 13.8 Å². The van der Waals surface area contributed by atoms with Crippen LogP contribution in [0, 0.1) is 5.92 Å². The van der Waals surface area contributed by atoms with Crippen molar-refractivity contribution in [3.8, 4) is 0 Å². The third-order valence-corrected chi connectivity index (χ3v) is 2.18. The molecule has 0 aromatic carbocycles. The predicted molar refractivity (Wildman–Crippen MR) is 62.9 cm³/mol. The summed E-state index contributed by atoms with van der Waals surface area (Å²) in [6, 6.07) is 0. The van der Waals surface area contributed by atoms with Gasteiger partial charge in [-0.1, -0.05) is 0 Å². The Kier molecular flexibility index (Phi) is 8.82. The minimum absolute atomic E-state index is 0.130. The fourth-order valence-electron chi connectivity index (χ4n) is 1.40. The molecule has 0 spiro atoms. The van der Waals surface area contributed by atoms with Crippen LogP contribution in [0.1, 0.15) is 26.7 Å². The molecule has 0 aromatic rings. The molecule has 6 nitrogen and oxygen atoms in total. The molecule has 0 aliphatic heterocycles. The normalized spacial score (nSPS) is 10.2. The maximum atomic E-state index is 11.7. The van der Waals surface area contributed by atoms with Crippen molar-refractivity contribution in [2.45, 2.75) is 26.7 Å². The topological polar surface area (TPSA) is 78.9 Å². The zero-order valence-corrected chi connectivity index (χ0v) is 11.1. The minimum atomic E-state index is -0.747. The molecule has 0 aromatic heterocycles. The summed E-state index contributed by atoms with van der Waals surface area (Å²) in [5, 5.41) is 0. The van der Waals surface area contributed by atoms with Gasteiger partial charge >= 0.3 is 11.9 Å². The molecule has 0 fully saturated rings. The van der Waals surface area contributed by atoms with E-state index in [1.165, 1.54) is 7.11 Å². The fourth-order valence-corrected chi connectivity index (χ4v) is 1.40. The highest BCUT2D eigenvalue weighted by Crippen LogP contribution is 2.13. The first-order valence-electron chi connectivity index (χ1n) is 5.87. The molecule has 0 unspecified atom stereocenters. The van der Waals surface area contributed by atoms with Gasteiger partial charge in [0.15, 0.2) is 5.78 Å². The number of hydrogen-bond donors (Lipinski definition) is 0.